The van der Waals surface area contributed by atoms with E-state index in [0.717, 1.165) is 30.8 Å². The van der Waals surface area contributed by atoms with Crippen LogP contribution in [0.2, 0.25) is 0 Å². The van der Waals surface area contributed by atoms with Crippen LogP contribution >= 0.6 is 0 Å². The lowest BCUT2D eigenvalue weighted by molar-refractivity contribution is -0.123. The minimum Gasteiger partial charge on any atom is -0.486 e. The Hall–Kier alpha value is -2.69. The summed E-state index contributed by atoms with van der Waals surface area (Å²) in [6.07, 6.45) is 2.87. The molecule has 0 unspecified atom stereocenters. The van der Waals surface area contributed by atoms with Gasteiger partial charge in [0.2, 0.25) is 0 Å². The summed E-state index contributed by atoms with van der Waals surface area (Å²) in [6, 6.07) is 13.8. The zero-order chi connectivity index (χ0) is 18.2. The fourth-order valence-corrected chi connectivity index (χ4v) is 2.76. The second-order valence-electron chi connectivity index (χ2n) is 6.39. The number of amides is 1. The van der Waals surface area contributed by atoms with Gasteiger partial charge >= 0.3 is 0 Å². The Morgan fingerprint density at radius 2 is 1.81 bits per heavy atom. The molecule has 2 aromatic rings. The van der Waals surface area contributed by atoms with Crippen LogP contribution in [0.15, 0.2) is 42.5 Å². The summed E-state index contributed by atoms with van der Waals surface area (Å²) < 4.78 is 16.6. The standard InChI is InChI=1S/C21H25NO4/c1-16-5-8-18(9-6-16)26-15-21(23)22-11-3-2-4-17-7-10-19-20(14-17)25-13-12-24-19/h5-10,14H,2-4,11-13,15H2,1H3,(H,22,23). The molecular weight excluding hydrogens is 330 g/mol. The van der Waals surface area contributed by atoms with E-state index in [-0.39, 0.29) is 12.5 Å². The van der Waals surface area contributed by atoms with E-state index in [1.807, 2.05) is 43.3 Å². The Labute approximate surface area is 154 Å². The number of aryl methyl sites for hydroxylation is 2. The molecule has 1 amide bonds. The molecule has 1 aliphatic rings. The quantitative estimate of drug-likeness (QED) is 0.739. The van der Waals surface area contributed by atoms with Crippen molar-refractivity contribution in [2.75, 3.05) is 26.4 Å². The Morgan fingerprint density at radius 3 is 2.62 bits per heavy atom. The highest BCUT2D eigenvalue weighted by molar-refractivity contribution is 5.77. The van der Waals surface area contributed by atoms with Gasteiger partial charge < -0.3 is 19.5 Å². The van der Waals surface area contributed by atoms with E-state index in [0.29, 0.717) is 25.5 Å². The number of hydrogen-bond acceptors (Lipinski definition) is 4. The van der Waals surface area contributed by atoms with Crippen molar-refractivity contribution in [1.82, 2.24) is 5.32 Å². The normalized spacial score (nSPS) is 12.5. The zero-order valence-corrected chi connectivity index (χ0v) is 15.1. The number of unbranched alkanes of at least 4 members (excludes halogenated alkanes) is 1. The molecule has 5 heteroatoms. The van der Waals surface area contributed by atoms with Crippen molar-refractivity contribution in [3.05, 3.63) is 53.6 Å². The SMILES string of the molecule is Cc1ccc(OCC(=O)NCCCCc2ccc3c(c2)OCCO3)cc1. The first kappa shape index (κ1) is 18.1. The van der Waals surface area contributed by atoms with Crippen LogP contribution in [-0.4, -0.2) is 32.3 Å². The van der Waals surface area contributed by atoms with E-state index in [9.17, 15) is 4.79 Å². The third kappa shape index (κ3) is 5.41. The molecule has 0 saturated heterocycles. The van der Waals surface area contributed by atoms with Crippen molar-refractivity contribution in [3.8, 4) is 17.2 Å². The Morgan fingerprint density at radius 1 is 1.04 bits per heavy atom. The lowest BCUT2D eigenvalue weighted by atomic mass is 10.1. The zero-order valence-electron chi connectivity index (χ0n) is 15.1. The monoisotopic (exact) mass is 355 g/mol. The molecule has 1 heterocycles. The van der Waals surface area contributed by atoms with Crippen molar-refractivity contribution >= 4 is 5.91 Å². The van der Waals surface area contributed by atoms with E-state index in [1.54, 1.807) is 0 Å². The van der Waals surface area contributed by atoms with Gasteiger partial charge in [0.15, 0.2) is 18.1 Å². The lowest BCUT2D eigenvalue weighted by Crippen LogP contribution is -2.29. The van der Waals surface area contributed by atoms with Crippen molar-refractivity contribution in [1.29, 1.82) is 0 Å². The first-order valence-electron chi connectivity index (χ1n) is 9.05. The number of fused-ring (bicyclic) bond motifs is 1. The summed E-state index contributed by atoms with van der Waals surface area (Å²) in [7, 11) is 0. The van der Waals surface area contributed by atoms with Crippen LogP contribution in [0.1, 0.15) is 24.0 Å². The molecule has 26 heavy (non-hydrogen) atoms. The fourth-order valence-electron chi connectivity index (χ4n) is 2.76. The summed E-state index contributed by atoms with van der Waals surface area (Å²) in [5.74, 6) is 2.27. The number of carbonyl (C=O) groups is 1. The van der Waals surface area contributed by atoms with Gasteiger partial charge in [0, 0.05) is 6.54 Å². The Balaban J connectivity index is 1.30. The maximum absolute atomic E-state index is 11.8. The van der Waals surface area contributed by atoms with E-state index in [4.69, 9.17) is 14.2 Å². The molecule has 1 N–H and O–H groups in total. The molecule has 3 rings (SSSR count). The fraction of sp³-hybridized carbons (Fsp3) is 0.381. The van der Waals surface area contributed by atoms with Gasteiger partial charge in [-0.3, -0.25) is 4.79 Å². The van der Waals surface area contributed by atoms with E-state index in [2.05, 4.69) is 11.4 Å². The predicted molar refractivity (Wildman–Crippen MR) is 100 cm³/mol. The lowest BCUT2D eigenvalue weighted by Gasteiger charge is -2.18. The third-order valence-electron chi connectivity index (χ3n) is 4.21. The maximum atomic E-state index is 11.8. The van der Waals surface area contributed by atoms with Gasteiger partial charge in [-0.2, -0.15) is 0 Å². The molecule has 0 bridgehead atoms. The van der Waals surface area contributed by atoms with Gasteiger partial charge in [-0.05, 0) is 56.0 Å². The van der Waals surface area contributed by atoms with Crippen molar-refractivity contribution < 1.29 is 19.0 Å². The summed E-state index contributed by atoms with van der Waals surface area (Å²) in [4.78, 5) is 11.8. The first-order valence-corrected chi connectivity index (χ1v) is 9.05. The first-order chi connectivity index (χ1) is 12.7. The van der Waals surface area contributed by atoms with Gasteiger partial charge in [0.25, 0.3) is 5.91 Å². The number of hydrogen-bond donors (Lipinski definition) is 1. The number of ether oxygens (including phenoxy) is 3. The molecule has 0 aromatic heterocycles. The molecule has 0 spiro atoms. The molecule has 2 aromatic carbocycles. The largest absolute Gasteiger partial charge is 0.486 e. The van der Waals surface area contributed by atoms with Gasteiger partial charge in [0.1, 0.15) is 19.0 Å². The van der Waals surface area contributed by atoms with Crippen LogP contribution in [0, 0.1) is 6.92 Å². The molecule has 5 nitrogen and oxygen atoms in total. The summed E-state index contributed by atoms with van der Waals surface area (Å²) in [5, 5.41) is 2.89. The Bertz CT molecular complexity index is 727. The smallest absolute Gasteiger partial charge is 0.257 e. The van der Waals surface area contributed by atoms with Crippen LogP contribution in [0.25, 0.3) is 0 Å². The molecular formula is C21H25NO4. The van der Waals surface area contributed by atoms with Crippen LogP contribution in [0.5, 0.6) is 17.2 Å². The minimum absolute atomic E-state index is 0.0468. The van der Waals surface area contributed by atoms with Crippen LogP contribution in [0.4, 0.5) is 0 Å². The molecule has 1 aliphatic heterocycles. The molecule has 138 valence electrons. The summed E-state index contributed by atoms with van der Waals surface area (Å²) in [5.41, 5.74) is 2.39. The molecule has 0 aliphatic carbocycles. The average molecular weight is 355 g/mol. The van der Waals surface area contributed by atoms with Gasteiger partial charge in [-0.1, -0.05) is 23.8 Å². The highest BCUT2D eigenvalue weighted by atomic mass is 16.6. The van der Waals surface area contributed by atoms with E-state index < -0.39 is 0 Å². The molecule has 0 saturated carbocycles. The van der Waals surface area contributed by atoms with E-state index >= 15 is 0 Å². The number of benzene rings is 2. The van der Waals surface area contributed by atoms with Crippen molar-refractivity contribution in [2.45, 2.75) is 26.2 Å². The van der Waals surface area contributed by atoms with E-state index in [1.165, 1.54) is 11.1 Å². The minimum atomic E-state index is -0.0927. The maximum Gasteiger partial charge on any atom is 0.257 e. The molecule has 0 radical (unpaired) electrons. The molecule has 0 fully saturated rings. The summed E-state index contributed by atoms with van der Waals surface area (Å²) in [6.45, 7) is 3.93. The average Bonchev–Trinajstić information content (AvgIpc) is 2.67. The van der Waals surface area contributed by atoms with Gasteiger partial charge in [0.05, 0.1) is 0 Å². The topological polar surface area (TPSA) is 56.8 Å². The highest BCUT2D eigenvalue weighted by Gasteiger charge is 2.11. The van der Waals surface area contributed by atoms with Crippen molar-refractivity contribution in [2.24, 2.45) is 0 Å². The van der Waals surface area contributed by atoms with Crippen LogP contribution in [0.3, 0.4) is 0 Å². The van der Waals surface area contributed by atoms with Gasteiger partial charge in [-0.25, -0.2) is 0 Å². The van der Waals surface area contributed by atoms with Crippen LogP contribution in [-0.2, 0) is 11.2 Å². The van der Waals surface area contributed by atoms with Crippen molar-refractivity contribution in [3.63, 3.8) is 0 Å². The third-order valence-corrected chi connectivity index (χ3v) is 4.21. The number of nitrogens with one attached hydrogen (secondary N) is 1. The second-order valence-corrected chi connectivity index (χ2v) is 6.39. The molecule has 0 atom stereocenters. The van der Waals surface area contributed by atoms with Crippen LogP contribution < -0.4 is 19.5 Å². The predicted octanol–water partition coefficient (Wildman–Crippen LogP) is 3.28. The number of rotatable bonds is 8. The summed E-state index contributed by atoms with van der Waals surface area (Å²) >= 11 is 0. The Kier molecular flexibility index (Phi) is 6.36. The highest BCUT2D eigenvalue weighted by Crippen LogP contribution is 2.31. The number of carbonyl (C=O) groups excluding carboxylic acids is 1. The second kappa shape index (κ2) is 9.13. The van der Waals surface area contributed by atoms with Gasteiger partial charge in [-0.15, -0.1) is 0 Å².